The quantitative estimate of drug-likeness (QED) is 0.880. The number of halogens is 1. The Hall–Kier alpha value is -0.640. The van der Waals surface area contributed by atoms with Crippen LogP contribution in [0.2, 0.25) is 0 Å². The van der Waals surface area contributed by atoms with Gasteiger partial charge in [-0.15, -0.1) is 0 Å². The summed E-state index contributed by atoms with van der Waals surface area (Å²) in [5, 5.41) is 4.35. The minimum atomic E-state index is 0.436. The van der Waals surface area contributed by atoms with Crippen molar-refractivity contribution in [3.05, 3.63) is 56.7 Å². The van der Waals surface area contributed by atoms with Crippen molar-refractivity contribution >= 4 is 27.3 Å². The number of nitrogens with two attached hydrogens (primary N) is 1. The number of thiophene rings is 1. The van der Waals surface area contributed by atoms with E-state index in [0.717, 1.165) is 12.8 Å². The lowest BCUT2D eigenvalue weighted by molar-refractivity contribution is 0.632. The summed E-state index contributed by atoms with van der Waals surface area (Å²) >= 11 is 5.36. The topological polar surface area (TPSA) is 26.0 Å². The molecule has 2 N–H and O–H groups in total. The van der Waals surface area contributed by atoms with Crippen LogP contribution in [0.1, 0.15) is 23.5 Å². The maximum absolute atomic E-state index is 5.89. The Bertz CT molecular complexity index is 453. The minimum absolute atomic E-state index is 0.436. The van der Waals surface area contributed by atoms with E-state index in [1.807, 2.05) is 6.07 Å². The van der Waals surface area contributed by atoms with Crippen molar-refractivity contribution in [2.45, 2.75) is 18.8 Å². The molecule has 0 saturated heterocycles. The lowest BCUT2D eigenvalue weighted by atomic mass is 9.93. The highest BCUT2D eigenvalue weighted by Crippen LogP contribution is 2.27. The fraction of sp³-hybridized carbons (Fsp3) is 0.286. The summed E-state index contributed by atoms with van der Waals surface area (Å²) < 4.78 is 1.17. The molecule has 1 aromatic carbocycles. The Labute approximate surface area is 115 Å². The van der Waals surface area contributed by atoms with Crippen LogP contribution in [0.3, 0.4) is 0 Å². The average Bonchev–Trinajstić information content (AvgIpc) is 2.85. The van der Waals surface area contributed by atoms with Crippen molar-refractivity contribution in [2.24, 2.45) is 5.73 Å². The third kappa shape index (κ3) is 3.41. The second-order valence-corrected chi connectivity index (χ2v) is 5.76. The van der Waals surface area contributed by atoms with E-state index in [0.29, 0.717) is 12.5 Å². The summed E-state index contributed by atoms with van der Waals surface area (Å²) in [6.07, 6.45) is 2.21. The monoisotopic (exact) mass is 309 g/mol. The molecule has 0 spiro atoms. The zero-order valence-electron chi connectivity index (χ0n) is 9.60. The SMILES string of the molecule is NCC(CCc1ccsc1)c1ccccc1Br. The van der Waals surface area contributed by atoms with Crippen LogP contribution in [0.15, 0.2) is 45.6 Å². The lowest BCUT2D eigenvalue weighted by Crippen LogP contribution is -2.13. The molecule has 0 aliphatic rings. The van der Waals surface area contributed by atoms with E-state index in [1.54, 1.807) is 11.3 Å². The van der Waals surface area contributed by atoms with Gasteiger partial charge in [0.25, 0.3) is 0 Å². The maximum atomic E-state index is 5.89. The molecule has 3 heteroatoms. The van der Waals surface area contributed by atoms with Crippen LogP contribution in [0, 0.1) is 0 Å². The highest BCUT2D eigenvalue weighted by atomic mass is 79.9. The van der Waals surface area contributed by atoms with E-state index in [2.05, 4.69) is 51.0 Å². The van der Waals surface area contributed by atoms with Gasteiger partial charge in [0.15, 0.2) is 0 Å². The van der Waals surface area contributed by atoms with Gasteiger partial charge in [-0.2, -0.15) is 11.3 Å². The molecule has 1 unspecified atom stereocenters. The summed E-state index contributed by atoms with van der Waals surface area (Å²) in [5.74, 6) is 0.436. The van der Waals surface area contributed by atoms with E-state index in [9.17, 15) is 0 Å². The molecule has 0 amide bonds. The second kappa shape index (κ2) is 6.34. The predicted octanol–water partition coefficient (Wildman–Crippen LogP) is 4.19. The molecule has 2 rings (SSSR count). The highest BCUT2D eigenvalue weighted by Gasteiger charge is 2.12. The zero-order chi connectivity index (χ0) is 12.1. The largest absolute Gasteiger partial charge is 0.330 e. The summed E-state index contributed by atoms with van der Waals surface area (Å²) in [4.78, 5) is 0. The molecule has 0 aliphatic heterocycles. The average molecular weight is 310 g/mol. The second-order valence-electron chi connectivity index (χ2n) is 4.12. The fourth-order valence-corrected chi connectivity index (χ4v) is 3.29. The van der Waals surface area contributed by atoms with Crippen LogP contribution in [0.25, 0.3) is 0 Å². The van der Waals surface area contributed by atoms with Gasteiger partial charge >= 0.3 is 0 Å². The first-order chi connectivity index (χ1) is 8.31. The third-order valence-corrected chi connectivity index (χ3v) is 4.45. The molecule has 1 atom stereocenters. The Morgan fingerprint density at radius 2 is 2.06 bits per heavy atom. The van der Waals surface area contributed by atoms with Crippen LogP contribution in [-0.2, 0) is 6.42 Å². The Balaban J connectivity index is 2.04. The van der Waals surface area contributed by atoms with Crippen molar-refractivity contribution < 1.29 is 0 Å². The van der Waals surface area contributed by atoms with Gasteiger partial charge in [-0.25, -0.2) is 0 Å². The van der Waals surface area contributed by atoms with Crippen LogP contribution < -0.4 is 5.73 Å². The lowest BCUT2D eigenvalue weighted by Gasteiger charge is -2.16. The van der Waals surface area contributed by atoms with Gasteiger partial charge in [0.05, 0.1) is 0 Å². The maximum Gasteiger partial charge on any atom is 0.0210 e. The molecule has 0 saturated carbocycles. The van der Waals surface area contributed by atoms with Crippen LogP contribution >= 0.6 is 27.3 Å². The summed E-state index contributed by atoms with van der Waals surface area (Å²) in [5.41, 5.74) is 8.64. The standard InChI is InChI=1S/C14H16BrNS/c15-14-4-2-1-3-13(14)12(9-16)6-5-11-7-8-17-10-11/h1-4,7-8,10,12H,5-6,9,16H2. The molecule has 17 heavy (non-hydrogen) atoms. The molecule has 0 bridgehead atoms. The van der Waals surface area contributed by atoms with E-state index in [1.165, 1.54) is 15.6 Å². The van der Waals surface area contributed by atoms with E-state index in [-0.39, 0.29) is 0 Å². The number of hydrogen-bond acceptors (Lipinski definition) is 2. The van der Waals surface area contributed by atoms with E-state index >= 15 is 0 Å². The molecule has 0 fully saturated rings. The smallest absolute Gasteiger partial charge is 0.0210 e. The first-order valence-corrected chi connectivity index (χ1v) is 7.50. The molecule has 1 aromatic heterocycles. The fourth-order valence-electron chi connectivity index (χ4n) is 1.98. The van der Waals surface area contributed by atoms with Crippen molar-refractivity contribution in [3.63, 3.8) is 0 Å². The van der Waals surface area contributed by atoms with Crippen LogP contribution in [0.4, 0.5) is 0 Å². The molecule has 0 aliphatic carbocycles. The molecule has 0 radical (unpaired) electrons. The van der Waals surface area contributed by atoms with Crippen molar-refractivity contribution in [2.75, 3.05) is 6.54 Å². The molecular weight excluding hydrogens is 294 g/mol. The van der Waals surface area contributed by atoms with Gasteiger partial charge in [-0.05, 0) is 59.3 Å². The minimum Gasteiger partial charge on any atom is -0.330 e. The Kier molecular flexibility index (Phi) is 4.77. The van der Waals surface area contributed by atoms with Gasteiger partial charge in [-0.3, -0.25) is 0 Å². The van der Waals surface area contributed by atoms with E-state index < -0.39 is 0 Å². The molecule has 1 heterocycles. The Morgan fingerprint density at radius 1 is 1.24 bits per heavy atom. The van der Waals surface area contributed by atoms with Crippen molar-refractivity contribution in [3.8, 4) is 0 Å². The first kappa shape index (κ1) is 12.8. The highest BCUT2D eigenvalue weighted by molar-refractivity contribution is 9.10. The molecular formula is C14H16BrNS. The predicted molar refractivity (Wildman–Crippen MR) is 78.6 cm³/mol. The molecule has 90 valence electrons. The zero-order valence-corrected chi connectivity index (χ0v) is 12.0. The van der Waals surface area contributed by atoms with Gasteiger partial charge in [0.2, 0.25) is 0 Å². The summed E-state index contributed by atoms with van der Waals surface area (Å²) in [7, 11) is 0. The van der Waals surface area contributed by atoms with Crippen molar-refractivity contribution in [1.29, 1.82) is 0 Å². The summed E-state index contributed by atoms with van der Waals surface area (Å²) in [6, 6.07) is 10.6. The van der Waals surface area contributed by atoms with Gasteiger partial charge in [0, 0.05) is 4.47 Å². The normalized spacial score (nSPS) is 12.6. The molecule has 1 nitrogen and oxygen atoms in total. The van der Waals surface area contributed by atoms with Crippen LogP contribution in [0.5, 0.6) is 0 Å². The first-order valence-electron chi connectivity index (χ1n) is 5.77. The summed E-state index contributed by atoms with van der Waals surface area (Å²) in [6.45, 7) is 0.701. The Morgan fingerprint density at radius 3 is 2.71 bits per heavy atom. The van der Waals surface area contributed by atoms with Crippen molar-refractivity contribution in [1.82, 2.24) is 0 Å². The third-order valence-electron chi connectivity index (χ3n) is 2.99. The van der Waals surface area contributed by atoms with Crippen LogP contribution in [-0.4, -0.2) is 6.54 Å². The number of aryl methyl sites for hydroxylation is 1. The van der Waals surface area contributed by atoms with E-state index in [4.69, 9.17) is 5.73 Å². The number of benzene rings is 1. The van der Waals surface area contributed by atoms with Gasteiger partial charge in [0.1, 0.15) is 0 Å². The number of rotatable bonds is 5. The number of hydrogen-bond donors (Lipinski definition) is 1. The van der Waals surface area contributed by atoms with Gasteiger partial charge in [-0.1, -0.05) is 34.1 Å². The van der Waals surface area contributed by atoms with Gasteiger partial charge < -0.3 is 5.73 Å². The molecule has 2 aromatic rings.